The number of hydrogen-bond acceptors (Lipinski definition) is 2. The van der Waals surface area contributed by atoms with E-state index in [1.54, 1.807) is 7.11 Å². The average molecular weight is 249 g/mol. The van der Waals surface area contributed by atoms with Gasteiger partial charge >= 0.3 is 0 Å². The van der Waals surface area contributed by atoms with Crippen LogP contribution in [0.15, 0.2) is 12.1 Å². The number of carbonyl (C=O) groups excluding carboxylic acids is 1. The third-order valence-corrected chi connectivity index (χ3v) is 3.07. The molecule has 0 fully saturated rings. The minimum atomic E-state index is 0.0488. The lowest BCUT2D eigenvalue weighted by Crippen LogP contribution is -2.33. The molecule has 0 aliphatic carbocycles. The molecule has 3 nitrogen and oxygen atoms in total. The fourth-order valence-corrected chi connectivity index (χ4v) is 2.07. The van der Waals surface area contributed by atoms with Crippen LogP contribution in [-0.2, 0) is 11.2 Å². The standard InChI is InChI=1S/C15H23NO2/c1-6-12(4)16-14(17)9-13-8-10(2)7-11(3)15(13)18-5/h7-8,12H,6,9H2,1-5H3,(H,16,17). The van der Waals surface area contributed by atoms with E-state index in [4.69, 9.17) is 4.74 Å². The maximum atomic E-state index is 11.9. The van der Waals surface area contributed by atoms with Gasteiger partial charge in [-0.1, -0.05) is 24.6 Å². The number of nitrogens with one attached hydrogen (secondary N) is 1. The molecule has 1 rings (SSSR count). The average Bonchev–Trinajstić information content (AvgIpc) is 2.28. The summed E-state index contributed by atoms with van der Waals surface area (Å²) in [6.07, 6.45) is 1.31. The SMILES string of the molecule is CCC(C)NC(=O)Cc1cc(C)cc(C)c1OC. The van der Waals surface area contributed by atoms with Crippen molar-refractivity contribution in [3.8, 4) is 5.75 Å². The fourth-order valence-electron chi connectivity index (χ4n) is 2.07. The highest BCUT2D eigenvalue weighted by molar-refractivity contribution is 5.79. The minimum Gasteiger partial charge on any atom is -0.496 e. The van der Waals surface area contributed by atoms with Crippen molar-refractivity contribution >= 4 is 5.91 Å². The number of aryl methyl sites for hydroxylation is 2. The Labute approximate surface area is 110 Å². The van der Waals surface area contributed by atoms with Gasteiger partial charge in [-0.2, -0.15) is 0 Å². The van der Waals surface area contributed by atoms with E-state index in [0.29, 0.717) is 6.42 Å². The Balaban J connectivity index is 2.86. The summed E-state index contributed by atoms with van der Waals surface area (Å²) in [4.78, 5) is 11.9. The summed E-state index contributed by atoms with van der Waals surface area (Å²) in [5, 5.41) is 2.97. The van der Waals surface area contributed by atoms with Crippen LogP contribution in [0.3, 0.4) is 0 Å². The Bertz CT molecular complexity index is 427. The first-order valence-corrected chi connectivity index (χ1v) is 6.41. The van der Waals surface area contributed by atoms with Crippen LogP contribution < -0.4 is 10.1 Å². The topological polar surface area (TPSA) is 38.3 Å². The van der Waals surface area contributed by atoms with Crippen LogP contribution in [-0.4, -0.2) is 19.1 Å². The van der Waals surface area contributed by atoms with Crippen LogP contribution in [0.5, 0.6) is 5.75 Å². The normalized spacial score (nSPS) is 12.1. The van der Waals surface area contributed by atoms with Crippen LogP contribution in [0, 0.1) is 13.8 Å². The zero-order chi connectivity index (χ0) is 13.7. The van der Waals surface area contributed by atoms with E-state index in [-0.39, 0.29) is 11.9 Å². The van der Waals surface area contributed by atoms with E-state index >= 15 is 0 Å². The summed E-state index contributed by atoms with van der Waals surface area (Å²) in [7, 11) is 1.65. The molecule has 1 amide bonds. The lowest BCUT2D eigenvalue weighted by molar-refractivity contribution is -0.121. The third kappa shape index (κ3) is 3.76. The van der Waals surface area contributed by atoms with E-state index < -0.39 is 0 Å². The highest BCUT2D eigenvalue weighted by atomic mass is 16.5. The number of methoxy groups -OCH3 is 1. The first-order chi connectivity index (χ1) is 8.47. The van der Waals surface area contributed by atoms with Crippen molar-refractivity contribution in [3.05, 3.63) is 28.8 Å². The van der Waals surface area contributed by atoms with E-state index in [9.17, 15) is 4.79 Å². The molecule has 0 saturated carbocycles. The summed E-state index contributed by atoms with van der Waals surface area (Å²) in [5.41, 5.74) is 3.18. The molecule has 1 atom stereocenters. The van der Waals surface area contributed by atoms with Crippen molar-refractivity contribution in [2.24, 2.45) is 0 Å². The van der Waals surface area contributed by atoms with E-state index in [1.807, 2.05) is 26.8 Å². The monoisotopic (exact) mass is 249 g/mol. The molecule has 18 heavy (non-hydrogen) atoms. The maximum absolute atomic E-state index is 11.9. The summed E-state index contributed by atoms with van der Waals surface area (Å²) in [6, 6.07) is 4.30. The lowest BCUT2D eigenvalue weighted by atomic mass is 10.0. The second-order valence-corrected chi connectivity index (χ2v) is 4.83. The van der Waals surface area contributed by atoms with Crippen molar-refractivity contribution in [2.45, 2.75) is 46.6 Å². The van der Waals surface area contributed by atoms with Crippen molar-refractivity contribution in [1.82, 2.24) is 5.32 Å². The number of ether oxygens (including phenoxy) is 1. The quantitative estimate of drug-likeness (QED) is 0.871. The Morgan fingerprint density at radius 2 is 2.06 bits per heavy atom. The number of amides is 1. The zero-order valence-electron chi connectivity index (χ0n) is 12.0. The van der Waals surface area contributed by atoms with Crippen LogP contribution in [0.4, 0.5) is 0 Å². The number of carbonyl (C=O) groups is 1. The highest BCUT2D eigenvalue weighted by Gasteiger charge is 2.12. The van der Waals surface area contributed by atoms with Crippen LogP contribution in [0.2, 0.25) is 0 Å². The van der Waals surface area contributed by atoms with Crippen molar-refractivity contribution in [2.75, 3.05) is 7.11 Å². The molecule has 100 valence electrons. The van der Waals surface area contributed by atoms with Gasteiger partial charge in [0.2, 0.25) is 5.91 Å². The predicted octanol–water partition coefficient (Wildman–Crippen LogP) is 2.77. The molecule has 1 aromatic rings. The first-order valence-electron chi connectivity index (χ1n) is 6.41. The number of rotatable bonds is 5. The van der Waals surface area contributed by atoms with Crippen molar-refractivity contribution < 1.29 is 9.53 Å². The van der Waals surface area contributed by atoms with Gasteiger partial charge in [-0.3, -0.25) is 4.79 Å². The molecule has 0 bridgehead atoms. The third-order valence-electron chi connectivity index (χ3n) is 3.07. The Morgan fingerprint density at radius 3 is 2.61 bits per heavy atom. The number of benzene rings is 1. The summed E-state index contributed by atoms with van der Waals surface area (Å²) < 4.78 is 5.38. The van der Waals surface area contributed by atoms with Gasteiger partial charge in [0.1, 0.15) is 5.75 Å². The van der Waals surface area contributed by atoms with Crippen LogP contribution in [0.1, 0.15) is 37.0 Å². The Morgan fingerprint density at radius 1 is 1.39 bits per heavy atom. The zero-order valence-corrected chi connectivity index (χ0v) is 12.0. The van der Waals surface area contributed by atoms with Gasteiger partial charge < -0.3 is 10.1 Å². The van der Waals surface area contributed by atoms with Gasteiger partial charge in [0, 0.05) is 11.6 Å². The molecule has 1 unspecified atom stereocenters. The van der Waals surface area contributed by atoms with Crippen molar-refractivity contribution in [3.63, 3.8) is 0 Å². The summed E-state index contributed by atoms with van der Waals surface area (Å²) in [6.45, 7) is 8.10. The van der Waals surface area contributed by atoms with E-state index in [2.05, 4.69) is 18.3 Å². The van der Waals surface area contributed by atoms with Crippen LogP contribution >= 0.6 is 0 Å². The summed E-state index contributed by atoms with van der Waals surface area (Å²) >= 11 is 0. The molecule has 0 aliphatic rings. The van der Waals surface area contributed by atoms with Gasteiger partial charge in [0.15, 0.2) is 0 Å². The Hall–Kier alpha value is -1.51. The van der Waals surface area contributed by atoms with Crippen molar-refractivity contribution in [1.29, 1.82) is 0 Å². The highest BCUT2D eigenvalue weighted by Crippen LogP contribution is 2.25. The molecule has 0 aromatic heterocycles. The number of hydrogen-bond donors (Lipinski definition) is 1. The molecule has 1 aromatic carbocycles. The second-order valence-electron chi connectivity index (χ2n) is 4.83. The van der Waals surface area contributed by atoms with E-state index in [0.717, 1.165) is 28.9 Å². The van der Waals surface area contributed by atoms with E-state index in [1.165, 1.54) is 0 Å². The smallest absolute Gasteiger partial charge is 0.224 e. The van der Waals surface area contributed by atoms with Gasteiger partial charge in [-0.25, -0.2) is 0 Å². The summed E-state index contributed by atoms with van der Waals surface area (Å²) in [5.74, 6) is 0.868. The molecule has 0 spiro atoms. The molecule has 1 N–H and O–H groups in total. The second kappa shape index (κ2) is 6.43. The molecule has 0 aliphatic heterocycles. The Kier molecular flexibility index (Phi) is 5.20. The molecular formula is C15H23NO2. The molecule has 3 heteroatoms. The van der Waals surface area contributed by atoms with Crippen LogP contribution in [0.25, 0.3) is 0 Å². The fraction of sp³-hybridized carbons (Fsp3) is 0.533. The molecule has 0 radical (unpaired) electrons. The minimum absolute atomic E-state index is 0.0488. The van der Waals surface area contributed by atoms with Gasteiger partial charge in [-0.15, -0.1) is 0 Å². The first kappa shape index (κ1) is 14.6. The molecule has 0 heterocycles. The molecular weight excluding hydrogens is 226 g/mol. The lowest BCUT2D eigenvalue weighted by Gasteiger charge is -2.15. The van der Waals surface area contributed by atoms with Gasteiger partial charge in [0.05, 0.1) is 13.5 Å². The largest absolute Gasteiger partial charge is 0.496 e. The predicted molar refractivity (Wildman–Crippen MR) is 74.1 cm³/mol. The van der Waals surface area contributed by atoms with Gasteiger partial charge in [-0.05, 0) is 32.8 Å². The molecule has 0 saturated heterocycles. The maximum Gasteiger partial charge on any atom is 0.224 e. The van der Waals surface area contributed by atoms with Gasteiger partial charge in [0.25, 0.3) is 0 Å².